The lowest BCUT2D eigenvalue weighted by atomic mass is 9.93. The number of para-hydroxylation sites is 2. The molecule has 0 saturated heterocycles. The molecule has 0 aliphatic rings. The van der Waals surface area contributed by atoms with E-state index in [1.165, 1.54) is 11.4 Å². The Bertz CT molecular complexity index is 1560. The highest BCUT2D eigenvalue weighted by Gasteiger charge is 2.33. The molecule has 0 spiro atoms. The molecule has 0 saturated carbocycles. The van der Waals surface area contributed by atoms with Gasteiger partial charge in [0.05, 0.1) is 18.6 Å². The van der Waals surface area contributed by atoms with Gasteiger partial charge in [-0.25, -0.2) is 27.7 Å². The van der Waals surface area contributed by atoms with Gasteiger partial charge >= 0.3 is 0 Å². The van der Waals surface area contributed by atoms with Crippen molar-refractivity contribution in [2.24, 2.45) is 5.41 Å². The van der Waals surface area contributed by atoms with Gasteiger partial charge in [-0.3, -0.25) is 0 Å². The lowest BCUT2D eigenvalue weighted by Crippen LogP contribution is -2.33. The van der Waals surface area contributed by atoms with Gasteiger partial charge in [-0.1, -0.05) is 64.4 Å². The van der Waals surface area contributed by atoms with Gasteiger partial charge in [0.15, 0.2) is 23.1 Å². The number of benzene rings is 2. The van der Waals surface area contributed by atoms with Gasteiger partial charge in [-0.15, -0.1) is 0 Å². The number of sulfonamides is 1. The van der Waals surface area contributed by atoms with Crippen LogP contribution in [0.15, 0.2) is 78.0 Å². The highest BCUT2D eigenvalue weighted by Crippen LogP contribution is 2.44. The van der Waals surface area contributed by atoms with Gasteiger partial charge in [0.1, 0.15) is 0 Å². The summed E-state index contributed by atoms with van der Waals surface area (Å²) in [7, 11) is -2.55. The van der Waals surface area contributed by atoms with Gasteiger partial charge in [0.25, 0.3) is 15.9 Å². The quantitative estimate of drug-likeness (QED) is 0.171. The molecule has 0 unspecified atom stereocenters. The third kappa shape index (κ3) is 7.52. The largest absolute Gasteiger partial charge is 0.493 e. The first kappa shape index (κ1) is 30.7. The van der Waals surface area contributed by atoms with Crippen LogP contribution in [0.2, 0.25) is 0 Å². The molecular weight excluding hydrogens is 554 g/mol. The van der Waals surface area contributed by atoms with E-state index in [0.29, 0.717) is 30.9 Å². The van der Waals surface area contributed by atoms with Crippen LogP contribution < -0.4 is 18.5 Å². The lowest BCUT2D eigenvalue weighted by Gasteiger charge is -2.27. The molecule has 10 nitrogen and oxygen atoms in total. The number of rotatable bonds is 13. The zero-order chi connectivity index (χ0) is 30.2. The Balaban J connectivity index is 1.98. The second kappa shape index (κ2) is 13.6. The van der Waals surface area contributed by atoms with Crippen LogP contribution in [0.3, 0.4) is 0 Å². The Hall–Kier alpha value is -4.25. The monoisotopic (exact) mass is 591 g/mol. The molecule has 0 bridgehead atoms. The number of anilines is 1. The van der Waals surface area contributed by atoms with E-state index in [4.69, 9.17) is 19.2 Å². The van der Waals surface area contributed by atoms with Crippen LogP contribution in [0.5, 0.6) is 23.1 Å². The number of unbranched alkanes of at least 4 members (excludes halogenated alkanes) is 1. The number of nitrogens with zero attached hydrogens (tertiary/aromatic N) is 5. The number of methoxy groups -OCH3 is 1. The van der Waals surface area contributed by atoms with E-state index in [0.717, 1.165) is 6.42 Å². The second-order valence-corrected chi connectivity index (χ2v) is 12.6. The first-order chi connectivity index (χ1) is 20.1. The SMILES string of the molecule is CCCCN(c1nc(-c2ncccn2)nc(OCCC(C)(C)C)c1Oc1ccccc1OC)S(=O)(=O)c1ccccc1. The third-order valence-corrected chi connectivity index (χ3v) is 8.04. The van der Waals surface area contributed by atoms with E-state index in [1.54, 1.807) is 67.0 Å². The van der Waals surface area contributed by atoms with E-state index in [-0.39, 0.29) is 46.0 Å². The van der Waals surface area contributed by atoms with Gasteiger partial charge in [-0.05, 0) is 48.6 Å². The molecule has 2 aromatic heterocycles. The van der Waals surface area contributed by atoms with Crippen molar-refractivity contribution in [3.8, 4) is 34.8 Å². The molecule has 0 amide bonds. The molecular formula is C31H37N5O5S. The van der Waals surface area contributed by atoms with Crippen LogP contribution in [-0.4, -0.2) is 48.6 Å². The van der Waals surface area contributed by atoms with Crippen LogP contribution in [0.4, 0.5) is 5.82 Å². The summed E-state index contributed by atoms with van der Waals surface area (Å²) in [6.07, 6.45) is 5.17. The van der Waals surface area contributed by atoms with E-state index in [2.05, 4.69) is 35.7 Å². The summed E-state index contributed by atoms with van der Waals surface area (Å²) in [5.74, 6) is 1.25. The van der Waals surface area contributed by atoms with Crippen molar-refractivity contribution in [2.45, 2.75) is 51.9 Å². The topological polar surface area (TPSA) is 117 Å². The predicted molar refractivity (Wildman–Crippen MR) is 162 cm³/mol. The first-order valence-corrected chi connectivity index (χ1v) is 15.3. The molecule has 222 valence electrons. The molecule has 0 fully saturated rings. The maximum Gasteiger partial charge on any atom is 0.265 e. The van der Waals surface area contributed by atoms with Crippen molar-refractivity contribution in [3.63, 3.8) is 0 Å². The van der Waals surface area contributed by atoms with Crippen LogP contribution in [0.25, 0.3) is 11.6 Å². The maximum atomic E-state index is 14.2. The minimum absolute atomic E-state index is 0.0152. The van der Waals surface area contributed by atoms with E-state index < -0.39 is 10.0 Å². The van der Waals surface area contributed by atoms with Crippen LogP contribution in [0.1, 0.15) is 47.0 Å². The summed E-state index contributed by atoms with van der Waals surface area (Å²) in [6, 6.07) is 17.0. The number of hydrogen-bond acceptors (Lipinski definition) is 9. The molecule has 2 heterocycles. The molecule has 0 aliphatic carbocycles. The van der Waals surface area contributed by atoms with Gasteiger partial charge in [0, 0.05) is 18.9 Å². The smallest absolute Gasteiger partial charge is 0.265 e. The van der Waals surface area contributed by atoms with Crippen molar-refractivity contribution in [1.82, 2.24) is 19.9 Å². The Morgan fingerprint density at radius 1 is 0.857 bits per heavy atom. The summed E-state index contributed by atoms with van der Waals surface area (Å²) in [6.45, 7) is 8.76. The highest BCUT2D eigenvalue weighted by molar-refractivity contribution is 7.92. The average molecular weight is 592 g/mol. The minimum Gasteiger partial charge on any atom is -0.493 e. The van der Waals surface area contributed by atoms with Crippen LogP contribution in [0, 0.1) is 5.41 Å². The molecule has 0 N–H and O–H groups in total. The molecule has 4 rings (SSSR count). The zero-order valence-corrected chi connectivity index (χ0v) is 25.5. The normalized spacial score (nSPS) is 11.6. The van der Waals surface area contributed by atoms with E-state index in [1.807, 2.05) is 13.0 Å². The second-order valence-electron chi connectivity index (χ2n) is 10.7. The molecule has 11 heteroatoms. The van der Waals surface area contributed by atoms with Gasteiger partial charge < -0.3 is 14.2 Å². The summed E-state index contributed by atoms with van der Waals surface area (Å²) in [4.78, 5) is 18.1. The van der Waals surface area contributed by atoms with Crippen molar-refractivity contribution in [2.75, 3.05) is 24.6 Å². The fraction of sp³-hybridized carbons (Fsp3) is 0.355. The minimum atomic E-state index is -4.08. The fourth-order valence-corrected chi connectivity index (χ4v) is 5.39. The Morgan fingerprint density at radius 3 is 2.17 bits per heavy atom. The number of hydrogen-bond donors (Lipinski definition) is 0. The van der Waals surface area contributed by atoms with Crippen LogP contribution >= 0.6 is 0 Å². The summed E-state index contributed by atoms with van der Waals surface area (Å²) >= 11 is 0. The van der Waals surface area contributed by atoms with E-state index in [9.17, 15) is 8.42 Å². The molecule has 0 atom stereocenters. The average Bonchev–Trinajstić information content (AvgIpc) is 2.99. The van der Waals surface area contributed by atoms with Crippen molar-refractivity contribution < 1.29 is 22.6 Å². The Kier molecular flexibility index (Phi) is 9.95. The summed E-state index contributed by atoms with van der Waals surface area (Å²) in [5, 5.41) is 0. The number of aromatic nitrogens is 4. The first-order valence-electron chi connectivity index (χ1n) is 13.8. The highest BCUT2D eigenvalue weighted by atomic mass is 32.2. The summed E-state index contributed by atoms with van der Waals surface area (Å²) < 4.78 is 47.8. The third-order valence-electron chi connectivity index (χ3n) is 6.24. The number of ether oxygens (including phenoxy) is 3. The molecule has 0 aliphatic heterocycles. The Morgan fingerprint density at radius 2 is 1.52 bits per heavy atom. The van der Waals surface area contributed by atoms with Crippen molar-refractivity contribution in [3.05, 3.63) is 73.1 Å². The molecule has 0 radical (unpaired) electrons. The van der Waals surface area contributed by atoms with E-state index >= 15 is 0 Å². The van der Waals surface area contributed by atoms with Crippen LogP contribution in [-0.2, 0) is 10.0 Å². The molecule has 42 heavy (non-hydrogen) atoms. The Labute approximate surface area is 247 Å². The van der Waals surface area contributed by atoms with Crippen molar-refractivity contribution >= 4 is 15.8 Å². The molecule has 4 aromatic rings. The molecule has 2 aromatic carbocycles. The van der Waals surface area contributed by atoms with Gasteiger partial charge in [0.2, 0.25) is 11.6 Å². The summed E-state index contributed by atoms with van der Waals surface area (Å²) in [5.41, 5.74) is -0.0191. The lowest BCUT2D eigenvalue weighted by molar-refractivity contribution is 0.229. The standard InChI is InChI=1S/C31H37N5O5S/c1-6-7-21-36(42(37,38)23-14-9-8-10-15-23)29-26(41-25-17-12-11-16-24(25)39-5)30(40-22-18-31(2,3)4)35-28(34-29)27-32-19-13-20-33-27/h8-17,19-20H,6-7,18,21-22H2,1-5H3. The van der Waals surface area contributed by atoms with Gasteiger partial charge in [-0.2, -0.15) is 4.98 Å². The fourth-order valence-electron chi connectivity index (χ4n) is 3.92. The van der Waals surface area contributed by atoms with Crippen molar-refractivity contribution in [1.29, 1.82) is 0 Å². The maximum absolute atomic E-state index is 14.2. The zero-order valence-electron chi connectivity index (χ0n) is 24.6. The predicted octanol–water partition coefficient (Wildman–Crippen LogP) is 6.54.